The quantitative estimate of drug-likeness (QED) is 0.730. The van der Waals surface area contributed by atoms with Crippen LogP contribution in [0.3, 0.4) is 0 Å². The van der Waals surface area contributed by atoms with Gasteiger partial charge in [0.15, 0.2) is 0 Å². The molecule has 3 rings (SSSR count). The number of Topliss-reactive ketones (excluding diaryl/α,β-unsaturated/α-hetero) is 1. The Kier molecular flexibility index (Phi) is 5.43. The number of hydrogen-bond donors (Lipinski definition) is 0. The molecule has 1 aliphatic heterocycles. The third-order valence-corrected chi connectivity index (χ3v) is 4.68. The molecule has 2 unspecified atom stereocenters. The summed E-state index contributed by atoms with van der Waals surface area (Å²) in [7, 11) is 0. The molecule has 130 valence electrons. The van der Waals surface area contributed by atoms with Gasteiger partial charge in [0.25, 0.3) is 5.91 Å². The molecule has 5 heteroatoms. The zero-order chi connectivity index (χ0) is 17.6. The van der Waals surface area contributed by atoms with Gasteiger partial charge in [-0.3, -0.25) is 9.59 Å². The highest BCUT2D eigenvalue weighted by atomic mass is 16.2. The molecular weight excluding hydrogens is 314 g/mol. The van der Waals surface area contributed by atoms with E-state index in [4.69, 9.17) is 0 Å². The zero-order valence-electron chi connectivity index (χ0n) is 14.4. The Balaban J connectivity index is 1.71. The smallest absolute Gasteiger partial charge is 0.290 e. The highest BCUT2D eigenvalue weighted by Gasteiger charge is 2.44. The van der Waals surface area contributed by atoms with E-state index >= 15 is 0 Å². The Morgan fingerprint density at radius 2 is 1.96 bits per heavy atom. The number of nitrogens with zero attached hydrogens (tertiary/aromatic N) is 3. The lowest BCUT2D eigenvalue weighted by molar-refractivity contribution is -0.141. The summed E-state index contributed by atoms with van der Waals surface area (Å²) in [4.78, 5) is 30.5. The molecule has 1 amide bonds. The van der Waals surface area contributed by atoms with Gasteiger partial charge in [0.1, 0.15) is 0 Å². The third kappa shape index (κ3) is 3.87. The van der Waals surface area contributed by atoms with Gasteiger partial charge in [-0.05, 0) is 18.4 Å². The van der Waals surface area contributed by atoms with Crippen molar-refractivity contribution in [2.24, 2.45) is 5.92 Å². The SMILES string of the molecule is CCC1C(=O)C(=O)N(CCCn2ccnc2)C1C=Cc1ccccc1. The largest absolute Gasteiger partial charge is 0.337 e. The predicted octanol–water partition coefficient (Wildman–Crippen LogP) is 2.79. The molecule has 2 heterocycles. The van der Waals surface area contributed by atoms with Crippen LogP contribution in [0, 0.1) is 5.92 Å². The van der Waals surface area contributed by atoms with Crippen LogP contribution in [0.25, 0.3) is 6.08 Å². The molecule has 2 aromatic rings. The first kappa shape index (κ1) is 17.1. The average Bonchev–Trinajstić information content (AvgIpc) is 3.23. The molecule has 0 saturated carbocycles. The van der Waals surface area contributed by atoms with E-state index in [-0.39, 0.29) is 23.7 Å². The Labute approximate surface area is 148 Å². The molecule has 1 saturated heterocycles. The maximum atomic E-state index is 12.4. The van der Waals surface area contributed by atoms with Gasteiger partial charge in [-0.2, -0.15) is 0 Å². The Hall–Kier alpha value is -2.69. The van der Waals surface area contributed by atoms with Gasteiger partial charge < -0.3 is 9.47 Å². The lowest BCUT2D eigenvalue weighted by Gasteiger charge is -2.24. The van der Waals surface area contributed by atoms with E-state index in [1.165, 1.54) is 0 Å². The van der Waals surface area contributed by atoms with Crippen molar-refractivity contribution in [2.75, 3.05) is 6.54 Å². The second-order valence-electron chi connectivity index (χ2n) is 6.29. The number of imidazole rings is 1. The fourth-order valence-corrected chi connectivity index (χ4v) is 3.34. The number of benzene rings is 1. The molecule has 5 nitrogen and oxygen atoms in total. The van der Waals surface area contributed by atoms with Gasteiger partial charge in [-0.25, -0.2) is 4.98 Å². The van der Waals surface area contributed by atoms with Gasteiger partial charge in [0, 0.05) is 25.5 Å². The van der Waals surface area contributed by atoms with Gasteiger partial charge in [-0.15, -0.1) is 0 Å². The molecule has 1 aromatic carbocycles. The Morgan fingerprint density at radius 3 is 2.64 bits per heavy atom. The number of aryl methyl sites for hydroxylation is 1. The molecule has 0 N–H and O–H groups in total. The summed E-state index contributed by atoms with van der Waals surface area (Å²) in [5.74, 6) is -0.853. The summed E-state index contributed by atoms with van der Waals surface area (Å²) in [5, 5.41) is 0. The molecule has 0 aliphatic carbocycles. The number of rotatable bonds is 7. The summed E-state index contributed by atoms with van der Waals surface area (Å²) < 4.78 is 1.98. The minimum atomic E-state index is -0.347. The molecular formula is C20H23N3O2. The zero-order valence-corrected chi connectivity index (χ0v) is 14.4. The van der Waals surface area contributed by atoms with Crippen LogP contribution in [0.15, 0.2) is 55.1 Å². The van der Waals surface area contributed by atoms with Crippen molar-refractivity contribution in [3.63, 3.8) is 0 Å². The maximum absolute atomic E-state index is 12.4. The topological polar surface area (TPSA) is 55.2 Å². The van der Waals surface area contributed by atoms with Crippen LogP contribution < -0.4 is 0 Å². The molecule has 2 atom stereocenters. The monoisotopic (exact) mass is 337 g/mol. The van der Waals surface area contributed by atoms with Crippen molar-refractivity contribution < 1.29 is 9.59 Å². The first-order valence-electron chi connectivity index (χ1n) is 8.74. The number of hydrogen-bond acceptors (Lipinski definition) is 3. The predicted molar refractivity (Wildman–Crippen MR) is 96.6 cm³/mol. The van der Waals surface area contributed by atoms with E-state index in [9.17, 15) is 9.59 Å². The fourth-order valence-electron chi connectivity index (χ4n) is 3.34. The van der Waals surface area contributed by atoms with Crippen molar-refractivity contribution in [2.45, 2.75) is 32.4 Å². The van der Waals surface area contributed by atoms with Crippen LogP contribution >= 0.6 is 0 Å². The van der Waals surface area contributed by atoms with Crippen LogP contribution in [0.1, 0.15) is 25.3 Å². The van der Waals surface area contributed by atoms with Gasteiger partial charge in [0.05, 0.1) is 18.3 Å². The molecule has 1 fully saturated rings. The molecule has 0 bridgehead atoms. The normalized spacial score (nSPS) is 20.8. The third-order valence-electron chi connectivity index (χ3n) is 4.68. The van der Waals surface area contributed by atoms with E-state index in [1.807, 2.05) is 60.2 Å². The fraction of sp³-hybridized carbons (Fsp3) is 0.350. The summed E-state index contributed by atoms with van der Waals surface area (Å²) in [6.07, 6.45) is 10.9. The van der Waals surface area contributed by atoms with Crippen LogP contribution in [-0.4, -0.2) is 38.7 Å². The second-order valence-corrected chi connectivity index (χ2v) is 6.29. The summed E-state index contributed by atoms with van der Waals surface area (Å²) in [6, 6.07) is 9.79. The van der Waals surface area contributed by atoms with Crippen molar-refractivity contribution in [3.05, 3.63) is 60.7 Å². The van der Waals surface area contributed by atoms with Gasteiger partial charge in [0.2, 0.25) is 5.78 Å². The molecule has 0 radical (unpaired) electrons. The highest BCUT2D eigenvalue weighted by molar-refractivity contribution is 6.39. The Bertz CT molecular complexity index is 738. The number of carbonyl (C=O) groups excluding carboxylic acids is 2. The lowest BCUT2D eigenvalue weighted by Crippen LogP contribution is -2.35. The van der Waals surface area contributed by atoms with E-state index in [1.54, 1.807) is 17.4 Å². The Morgan fingerprint density at radius 1 is 1.16 bits per heavy atom. The van der Waals surface area contributed by atoms with Crippen LogP contribution in [0.5, 0.6) is 0 Å². The number of aromatic nitrogens is 2. The van der Waals surface area contributed by atoms with Crippen LogP contribution in [0.2, 0.25) is 0 Å². The van der Waals surface area contributed by atoms with Crippen LogP contribution in [0.4, 0.5) is 0 Å². The standard InChI is InChI=1S/C20H23N3O2/c1-2-17-18(10-9-16-7-4-3-5-8-16)23(20(25)19(17)24)13-6-12-22-14-11-21-15-22/h3-5,7-11,14-15,17-18H,2,6,12-13H2,1H3. The van der Waals surface area contributed by atoms with Crippen molar-refractivity contribution >= 4 is 17.8 Å². The summed E-state index contributed by atoms with van der Waals surface area (Å²) in [6.45, 7) is 3.32. The van der Waals surface area contributed by atoms with Crippen molar-refractivity contribution in [1.29, 1.82) is 0 Å². The average molecular weight is 337 g/mol. The molecule has 25 heavy (non-hydrogen) atoms. The second kappa shape index (κ2) is 7.92. The highest BCUT2D eigenvalue weighted by Crippen LogP contribution is 2.27. The maximum Gasteiger partial charge on any atom is 0.290 e. The lowest BCUT2D eigenvalue weighted by atomic mass is 9.95. The molecule has 0 spiro atoms. The molecule has 1 aliphatic rings. The van der Waals surface area contributed by atoms with E-state index < -0.39 is 0 Å². The summed E-state index contributed by atoms with van der Waals surface area (Å²) in [5.41, 5.74) is 1.07. The minimum Gasteiger partial charge on any atom is -0.337 e. The van der Waals surface area contributed by atoms with Crippen molar-refractivity contribution in [3.8, 4) is 0 Å². The van der Waals surface area contributed by atoms with E-state index in [2.05, 4.69) is 4.98 Å². The number of likely N-dealkylation sites (tertiary alicyclic amines) is 1. The van der Waals surface area contributed by atoms with E-state index in [0.717, 1.165) is 18.5 Å². The van der Waals surface area contributed by atoms with Gasteiger partial charge >= 0.3 is 0 Å². The number of ketones is 1. The number of amides is 1. The van der Waals surface area contributed by atoms with E-state index in [0.29, 0.717) is 13.0 Å². The minimum absolute atomic E-state index is 0.159. The number of carbonyl (C=O) groups is 2. The summed E-state index contributed by atoms with van der Waals surface area (Å²) >= 11 is 0. The first-order chi connectivity index (χ1) is 12.2. The van der Waals surface area contributed by atoms with Gasteiger partial charge in [-0.1, -0.05) is 49.4 Å². The molecule has 1 aromatic heterocycles. The van der Waals surface area contributed by atoms with Crippen LogP contribution in [-0.2, 0) is 16.1 Å². The first-order valence-corrected chi connectivity index (χ1v) is 8.74. The van der Waals surface area contributed by atoms with Crippen molar-refractivity contribution in [1.82, 2.24) is 14.5 Å².